The van der Waals surface area contributed by atoms with Crippen molar-refractivity contribution in [1.29, 1.82) is 0 Å². The Morgan fingerprint density at radius 2 is 1.96 bits per heavy atom. The molecule has 0 radical (unpaired) electrons. The fourth-order valence-corrected chi connectivity index (χ4v) is 2.77. The summed E-state index contributed by atoms with van der Waals surface area (Å²) >= 11 is 0. The summed E-state index contributed by atoms with van der Waals surface area (Å²) in [6.45, 7) is 4.42. The maximum Gasteiger partial charge on any atom is 0.251 e. The van der Waals surface area contributed by atoms with E-state index in [0.717, 1.165) is 6.54 Å². The molecule has 1 amide bonds. The minimum Gasteiger partial charge on any atom is -0.383 e. The summed E-state index contributed by atoms with van der Waals surface area (Å²) in [6, 6.07) is 5.93. The number of carbonyl (C=O) groups excluding carboxylic acids is 1. The highest BCUT2D eigenvalue weighted by Gasteiger charge is 2.15. The van der Waals surface area contributed by atoms with Crippen molar-refractivity contribution in [3.63, 3.8) is 0 Å². The molecule has 1 rings (SSSR count). The van der Waals surface area contributed by atoms with E-state index in [9.17, 15) is 13.2 Å². The molecule has 0 bridgehead atoms. The van der Waals surface area contributed by atoms with Gasteiger partial charge in [-0.05, 0) is 24.7 Å². The van der Waals surface area contributed by atoms with Crippen LogP contribution in [0.3, 0.4) is 0 Å². The van der Waals surface area contributed by atoms with Gasteiger partial charge < -0.3 is 15.4 Å². The number of likely N-dealkylation sites (N-methyl/N-ethyl adjacent to an activating group) is 1. The molecular weight excluding hydrogens is 342 g/mol. The monoisotopic (exact) mass is 365 g/mol. The molecule has 23 heavy (non-hydrogen) atoms. The molecule has 0 aromatic heterocycles. The van der Waals surface area contributed by atoms with Crippen LogP contribution in [-0.4, -0.2) is 54.2 Å². The number of methoxy groups -OCH3 is 1. The number of halogens is 1. The molecule has 1 aromatic carbocycles. The highest BCUT2D eigenvalue weighted by molar-refractivity contribution is 7.89. The van der Waals surface area contributed by atoms with Gasteiger partial charge in [0.05, 0.1) is 11.5 Å². The second-order valence-electron chi connectivity index (χ2n) is 4.53. The Kier molecular flexibility index (Phi) is 10.8. The Balaban J connectivity index is 0.00000484. The Labute approximate surface area is 143 Å². The van der Waals surface area contributed by atoms with Crippen molar-refractivity contribution < 1.29 is 17.9 Å². The van der Waals surface area contributed by atoms with Gasteiger partial charge in [0.15, 0.2) is 0 Å². The van der Waals surface area contributed by atoms with Crippen molar-refractivity contribution in [2.45, 2.75) is 11.8 Å². The fraction of sp³-hybridized carbons (Fsp3) is 0.500. The quantitative estimate of drug-likeness (QED) is 0.521. The van der Waals surface area contributed by atoms with Gasteiger partial charge in [-0.25, -0.2) is 13.1 Å². The predicted molar refractivity (Wildman–Crippen MR) is 91.6 cm³/mol. The second-order valence-corrected chi connectivity index (χ2v) is 6.29. The van der Waals surface area contributed by atoms with Crippen LogP contribution in [0.1, 0.15) is 17.3 Å². The van der Waals surface area contributed by atoms with E-state index in [4.69, 9.17) is 4.74 Å². The molecule has 0 aliphatic heterocycles. The Morgan fingerprint density at radius 3 is 2.61 bits per heavy atom. The Bertz CT molecular complexity index is 581. The zero-order valence-electron chi connectivity index (χ0n) is 13.3. The molecule has 0 heterocycles. The molecule has 0 aliphatic rings. The molecule has 0 unspecified atom stereocenters. The van der Waals surface area contributed by atoms with Crippen LogP contribution in [0.15, 0.2) is 29.2 Å². The largest absolute Gasteiger partial charge is 0.383 e. The lowest BCUT2D eigenvalue weighted by molar-refractivity contribution is 0.0953. The van der Waals surface area contributed by atoms with E-state index in [1.807, 2.05) is 6.92 Å². The maximum atomic E-state index is 12.1. The second kappa shape index (κ2) is 11.4. The van der Waals surface area contributed by atoms with Crippen molar-refractivity contribution in [2.75, 3.05) is 39.9 Å². The van der Waals surface area contributed by atoms with Crippen LogP contribution in [-0.2, 0) is 14.8 Å². The SMILES string of the molecule is CCNCCNC(=O)c1cccc(S(=O)(=O)NCCOC)c1.Cl. The Hall–Kier alpha value is -1.19. The van der Waals surface area contributed by atoms with E-state index in [-0.39, 0.29) is 36.4 Å². The van der Waals surface area contributed by atoms with E-state index >= 15 is 0 Å². The van der Waals surface area contributed by atoms with Crippen molar-refractivity contribution in [3.05, 3.63) is 29.8 Å². The molecule has 1 aromatic rings. The van der Waals surface area contributed by atoms with Crippen molar-refractivity contribution in [1.82, 2.24) is 15.4 Å². The van der Waals surface area contributed by atoms with Gasteiger partial charge in [-0.2, -0.15) is 0 Å². The van der Waals surface area contributed by atoms with Crippen LogP contribution in [0.5, 0.6) is 0 Å². The predicted octanol–water partition coefficient (Wildman–Crippen LogP) is 0.372. The number of benzene rings is 1. The average molecular weight is 366 g/mol. The number of hydrogen-bond donors (Lipinski definition) is 3. The lowest BCUT2D eigenvalue weighted by Crippen LogP contribution is -2.32. The van der Waals surface area contributed by atoms with Crippen molar-refractivity contribution in [2.24, 2.45) is 0 Å². The van der Waals surface area contributed by atoms with Gasteiger partial charge in [0.2, 0.25) is 10.0 Å². The standard InChI is InChI=1S/C14H23N3O4S.ClH/c1-3-15-7-8-16-14(18)12-5-4-6-13(11-12)22(19,20)17-9-10-21-2;/h4-6,11,15,17H,3,7-10H2,1-2H3,(H,16,18);1H. The van der Waals surface area contributed by atoms with Gasteiger partial charge in [-0.1, -0.05) is 13.0 Å². The third kappa shape index (κ3) is 7.76. The fourth-order valence-electron chi connectivity index (χ4n) is 1.71. The Morgan fingerprint density at radius 1 is 1.22 bits per heavy atom. The molecular formula is C14H24ClN3O4S. The van der Waals surface area contributed by atoms with Crippen molar-refractivity contribution >= 4 is 28.3 Å². The summed E-state index contributed by atoms with van der Waals surface area (Å²) in [6.07, 6.45) is 0. The minimum absolute atomic E-state index is 0. The van der Waals surface area contributed by atoms with Crippen LogP contribution in [0.4, 0.5) is 0 Å². The normalized spacial score (nSPS) is 10.9. The zero-order chi connectivity index (χ0) is 16.4. The summed E-state index contributed by atoms with van der Waals surface area (Å²) in [5.41, 5.74) is 0.311. The molecule has 0 saturated carbocycles. The summed E-state index contributed by atoms with van der Waals surface area (Å²) < 4.78 is 31.4. The van der Waals surface area contributed by atoms with E-state index in [1.165, 1.54) is 19.2 Å². The van der Waals surface area contributed by atoms with Gasteiger partial charge >= 0.3 is 0 Å². The number of rotatable bonds is 10. The van der Waals surface area contributed by atoms with Crippen LogP contribution >= 0.6 is 12.4 Å². The van der Waals surface area contributed by atoms with Crippen LogP contribution in [0, 0.1) is 0 Å². The van der Waals surface area contributed by atoms with Gasteiger partial charge in [-0.3, -0.25) is 4.79 Å². The average Bonchev–Trinajstić information content (AvgIpc) is 2.51. The third-order valence-electron chi connectivity index (χ3n) is 2.84. The van der Waals surface area contributed by atoms with Gasteiger partial charge in [0, 0.05) is 32.3 Å². The summed E-state index contributed by atoms with van der Waals surface area (Å²) in [4.78, 5) is 12.0. The number of hydrogen-bond acceptors (Lipinski definition) is 5. The molecule has 3 N–H and O–H groups in total. The smallest absolute Gasteiger partial charge is 0.251 e. The van der Waals surface area contributed by atoms with E-state index in [2.05, 4.69) is 15.4 Å². The van der Waals surface area contributed by atoms with Gasteiger partial charge in [-0.15, -0.1) is 12.4 Å². The lowest BCUT2D eigenvalue weighted by atomic mass is 10.2. The number of amides is 1. The van der Waals surface area contributed by atoms with Crippen molar-refractivity contribution in [3.8, 4) is 0 Å². The van der Waals surface area contributed by atoms with E-state index in [0.29, 0.717) is 18.7 Å². The maximum absolute atomic E-state index is 12.1. The molecule has 7 nitrogen and oxygen atoms in total. The first-order valence-electron chi connectivity index (χ1n) is 7.09. The molecule has 9 heteroatoms. The molecule has 0 spiro atoms. The van der Waals surface area contributed by atoms with E-state index < -0.39 is 10.0 Å². The molecule has 0 fully saturated rings. The first-order valence-corrected chi connectivity index (χ1v) is 8.57. The van der Waals surface area contributed by atoms with Gasteiger partial charge in [0.1, 0.15) is 0 Å². The molecule has 132 valence electrons. The topological polar surface area (TPSA) is 96.5 Å². The highest BCUT2D eigenvalue weighted by atomic mass is 35.5. The molecule has 0 saturated heterocycles. The van der Waals surface area contributed by atoms with Crippen LogP contribution in [0.25, 0.3) is 0 Å². The van der Waals surface area contributed by atoms with Crippen LogP contribution in [0.2, 0.25) is 0 Å². The first-order chi connectivity index (χ1) is 10.5. The third-order valence-corrected chi connectivity index (χ3v) is 4.30. The lowest BCUT2D eigenvalue weighted by Gasteiger charge is -2.09. The van der Waals surface area contributed by atoms with Crippen LogP contribution < -0.4 is 15.4 Å². The zero-order valence-corrected chi connectivity index (χ0v) is 14.9. The summed E-state index contributed by atoms with van der Waals surface area (Å²) in [7, 11) is -2.15. The molecule has 0 atom stereocenters. The number of sulfonamides is 1. The van der Waals surface area contributed by atoms with Gasteiger partial charge in [0.25, 0.3) is 5.91 Å². The summed E-state index contributed by atoms with van der Waals surface area (Å²) in [5, 5.41) is 5.82. The molecule has 0 aliphatic carbocycles. The number of carbonyl (C=O) groups is 1. The van der Waals surface area contributed by atoms with E-state index in [1.54, 1.807) is 12.1 Å². The first kappa shape index (κ1) is 21.8. The highest BCUT2D eigenvalue weighted by Crippen LogP contribution is 2.11. The summed E-state index contributed by atoms with van der Waals surface area (Å²) in [5.74, 6) is -0.299. The number of ether oxygens (including phenoxy) is 1. The minimum atomic E-state index is -3.64. The number of nitrogens with one attached hydrogen (secondary N) is 3.